The van der Waals surface area contributed by atoms with Crippen molar-refractivity contribution in [3.63, 3.8) is 0 Å². The number of hydrogen-bond acceptors (Lipinski definition) is 5. The summed E-state index contributed by atoms with van der Waals surface area (Å²) < 4.78 is 18.9. The molecule has 52 heavy (non-hydrogen) atoms. The highest BCUT2D eigenvalue weighted by molar-refractivity contribution is 5.91. The van der Waals surface area contributed by atoms with E-state index in [-0.39, 0.29) is 28.9 Å². The molecule has 2 aromatic carbocycles. The van der Waals surface area contributed by atoms with Gasteiger partial charge in [0.05, 0.1) is 11.3 Å². The third-order valence-corrected chi connectivity index (χ3v) is 15.9. The van der Waals surface area contributed by atoms with Gasteiger partial charge in [0.2, 0.25) is 0 Å². The fourth-order valence-corrected chi connectivity index (χ4v) is 13.4. The summed E-state index contributed by atoms with van der Waals surface area (Å²) in [5, 5.41) is 0. The van der Waals surface area contributed by atoms with Gasteiger partial charge in [-0.25, -0.2) is 4.79 Å². The van der Waals surface area contributed by atoms with Crippen LogP contribution < -0.4 is 4.74 Å². The highest BCUT2D eigenvalue weighted by Gasteiger charge is 2.64. The first-order valence-electron chi connectivity index (χ1n) is 20.3. The lowest BCUT2D eigenvalue weighted by atomic mass is 9.51. The Morgan fingerprint density at radius 2 is 1.67 bits per heavy atom. The first-order chi connectivity index (χ1) is 25.1. The van der Waals surface area contributed by atoms with Gasteiger partial charge < -0.3 is 14.2 Å². The summed E-state index contributed by atoms with van der Waals surface area (Å²) in [4.78, 5) is 24.8. The van der Waals surface area contributed by atoms with E-state index in [4.69, 9.17) is 20.6 Å². The summed E-state index contributed by atoms with van der Waals surface area (Å²) in [5.41, 5.74) is 4.21. The molecule has 0 radical (unpaired) electrons. The molecule has 5 heteroatoms. The molecule has 0 N–H and O–H groups in total. The van der Waals surface area contributed by atoms with Crippen molar-refractivity contribution in [2.24, 2.45) is 46.3 Å². The SMILES string of the molecule is C#C[C@]1(OC(C)=O)CC[C@H]2[C@@H]3CC=C4C=C(O[C@H]5CC[C@H]6[C@@H]7CCc8cc(OC(=O)c9ccccc9)ccc8[C@H]7CC[C@]56C)CC[C@@H]4[C@H]3CC[C@@]21C. The van der Waals surface area contributed by atoms with Crippen molar-refractivity contribution in [2.45, 2.75) is 122 Å². The van der Waals surface area contributed by atoms with Crippen molar-refractivity contribution in [2.75, 3.05) is 0 Å². The molecule has 4 fully saturated rings. The number of benzene rings is 2. The largest absolute Gasteiger partial charge is 0.494 e. The van der Waals surface area contributed by atoms with Crippen molar-refractivity contribution < 1.29 is 23.8 Å². The van der Waals surface area contributed by atoms with Crippen LogP contribution in [0.5, 0.6) is 5.75 Å². The second kappa shape index (κ2) is 12.7. The van der Waals surface area contributed by atoms with Crippen LogP contribution in [0.2, 0.25) is 0 Å². The van der Waals surface area contributed by atoms with E-state index in [0.717, 1.165) is 51.4 Å². The molecule has 0 spiro atoms. The molecule has 0 heterocycles. The smallest absolute Gasteiger partial charge is 0.343 e. The predicted octanol–water partition coefficient (Wildman–Crippen LogP) is 10.1. The zero-order valence-electron chi connectivity index (χ0n) is 31.2. The normalized spacial score (nSPS) is 39.8. The Hall–Kier alpha value is -3.78. The lowest BCUT2D eigenvalue weighted by molar-refractivity contribution is -0.167. The molecule has 0 aromatic heterocycles. The quantitative estimate of drug-likeness (QED) is 0.177. The van der Waals surface area contributed by atoms with Crippen LogP contribution in [0.3, 0.4) is 0 Å². The Kier molecular flexibility index (Phi) is 8.29. The molecule has 7 aliphatic rings. The van der Waals surface area contributed by atoms with E-state index in [1.165, 1.54) is 61.5 Å². The van der Waals surface area contributed by atoms with Gasteiger partial charge in [0.1, 0.15) is 11.9 Å². The number of rotatable bonds is 5. The molecule has 0 unspecified atom stereocenters. The van der Waals surface area contributed by atoms with Gasteiger partial charge in [0, 0.05) is 24.2 Å². The van der Waals surface area contributed by atoms with Gasteiger partial charge in [-0.3, -0.25) is 4.79 Å². The minimum atomic E-state index is -0.760. The minimum absolute atomic E-state index is 0.146. The van der Waals surface area contributed by atoms with Crippen molar-refractivity contribution in [3.05, 3.63) is 88.7 Å². The predicted molar refractivity (Wildman–Crippen MR) is 201 cm³/mol. The maximum Gasteiger partial charge on any atom is 0.343 e. The van der Waals surface area contributed by atoms with Gasteiger partial charge in [0.25, 0.3) is 0 Å². The summed E-state index contributed by atoms with van der Waals surface area (Å²) in [6.07, 6.45) is 25.7. The van der Waals surface area contributed by atoms with Gasteiger partial charge in [-0.1, -0.05) is 50.1 Å². The molecule has 5 nitrogen and oxygen atoms in total. The van der Waals surface area contributed by atoms with E-state index in [0.29, 0.717) is 52.7 Å². The Balaban J connectivity index is 0.867. The van der Waals surface area contributed by atoms with Crippen LogP contribution in [0.15, 0.2) is 72.0 Å². The molecule has 9 rings (SSSR count). The monoisotopic (exact) mass is 698 g/mol. The van der Waals surface area contributed by atoms with Crippen LogP contribution in [0, 0.1) is 58.7 Å². The molecule has 272 valence electrons. The maximum absolute atomic E-state index is 12.7. The van der Waals surface area contributed by atoms with Gasteiger partial charge in [-0.2, -0.15) is 0 Å². The van der Waals surface area contributed by atoms with E-state index in [9.17, 15) is 9.59 Å². The number of fused-ring (bicyclic) bond motifs is 10. The van der Waals surface area contributed by atoms with Crippen LogP contribution in [0.4, 0.5) is 0 Å². The van der Waals surface area contributed by atoms with E-state index in [1.807, 2.05) is 24.3 Å². The number of allylic oxidation sites excluding steroid dienone is 4. The summed E-state index contributed by atoms with van der Waals surface area (Å²) in [6, 6.07) is 15.6. The van der Waals surface area contributed by atoms with Crippen molar-refractivity contribution in [3.8, 4) is 18.1 Å². The lowest BCUT2D eigenvalue weighted by Gasteiger charge is -2.54. The first kappa shape index (κ1) is 34.0. The van der Waals surface area contributed by atoms with E-state index in [1.54, 1.807) is 12.1 Å². The number of aryl methyl sites for hydroxylation is 1. The third kappa shape index (κ3) is 5.25. The zero-order valence-corrected chi connectivity index (χ0v) is 31.2. The Labute approximate surface area is 310 Å². The second-order valence-corrected chi connectivity index (χ2v) is 17.9. The van der Waals surface area contributed by atoms with Crippen LogP contribution in [0.1, 0.15) is 125 Å². The first-order valence-corrected chi connectivity index (χ1v) is 20.3. The highest BCUT2D eigenvalue weighted by atomic mass is 16.6. The van der Waals surface area contributed by atoms with Crippen molar-refractivity contribution in [1.82, 2.24) is 0 Å². The maximum atomic E-state index is 12.7. The molecule has 0 aliphatic heterocycles. The Bertz CT molecular complexity index is 1870. The van der Waals surface area contributed by atoms with Gasteiger partial charge in [-0.05, 0) is 166 Å². The fraction of sp³-hybridized carbons (Fsp3) is 0.574. The zero-order chi connectivity index (χ0) is 35.8. The van der Waals surface area contributed by atoms with E-state index < -0.39 is 5.60 Å². The van der Waals surface area contributed by atoms with Crippen molar-refractivity contribution in [1.29, 1.82) is 0 Å². The summed E-state index contributed by atoms with van der Waals surface area (Å²) in [5.74, 6) is 8.61. The number of terminal acetylenes is 1. The molecule has 0 bridgehead atoms. The molecule has 0 saturated heterocycles. The van der Waals surface area contributed by atoms with E-state index >= 15 is 0 Å². The number of esters is 2. The standard InChI is InChI=1S/C47H54O5/c1-5-47(52-29(2)48)26-23-42-40-16-12-31-27-33(13-17-36(31)38(40)22-25-46(42,47)4)50-43-20-19-41-39-15-11-32-28-34(51-44(49)30-9-7-6-8-10-30)14-18-35(32)37(39)21-24-45(41,43)3/h1,6-10,12,14,18,27-28,36-43H,11,13,15-17,19-26H2,2-4H3/t36-,37+,38+,39+,40+,41-,42-,43-,45-,46-,47-/m0/s1. The summed E-state index contributed by atoms with van der Waals surface area (Å²) >= 11 is 0. The average Bonchev–Trinajstić information content (AvgIpc) is 3.64. The van der Waals surface area contributed by atoms with Crippen LogP contribution in [0.25, 0.3) is 0 Å². The van der Waals surface area contributed by atoms with Crippen LogP contribution in [-0.4, -0.2) is 23.6 Å². The molecular formula is C47H54O5. The molecule has 11 atom stereocenters. The number of ether oxygens (including phenoxy) is 3. The topological polar surface area (TPSA) is 61.8 Å². The third-order valence-electron chi connectivity index (χ3n) is 15.9. The van der Waals surface area contributed by atoms with Crippen LogP contribution >= 0.6 is 0 Å². The van der Waals surface area contributed by atoms with Crippen LogP contribution in [-0.2, 0) is 20.7 Å². The number of carbonyl (C=O) groups excluding carboxylic acids is 2. The van der Waals surface area contributed by atoms with Gasteiger partial charge in [-0.15, -0.1) is 6.42 Å². The highest BCUT2D eigenvalue weighted by Crippen LogP contribution is 2.66. The van der Waals surface area contributed by atoms with Crippen molar-refractivity contribution >= 4 is 11.9 Å². The lowest BCUT2D eigenvalue weighted by Crippen LogP contribution is -2.53. The number of hydrogen-bond donors (Lipinski definition) is 0. The summed E-state index contributed by atoms with van der Waals surface area (Å²) in [7, 11) is 0. The summed E-state index contributed by atoms with van der Waals surface area (Å²) in [6.45, 7) is 6.35. The van der Waals surface area contributed by atoms with Gasteiger partial charge in [0.15, 0.2) is 5.60 Å². The number of carbonyl (C=O) groups is 2. The molecule has 0 amide bonds. The molecule has 4 saturated carbocycles. The minimum Gasteiger partial charge on any atom is -0.494 e. The molecular weight excluding hydrogens is 645 g/mol. The average molecular weight is 699 g/mol. The van der Waals surface area contributed by atoms with Gasteiger partial charge >= 0.3 is 11.9 Å². The van der Waals surface area contributed by atoms with E-state index in [2.05, 4.69) is 44.1 Å². The molecule has 7 aliphatic carbocycles. The fourth-order valence-electron chi connectivity index (χ4n) is 13.4. The Morgan fingerprint density at radius 1 is 0.827 bits per heavy atom. The molecule has 2 aromatic rings. The Morgan fingerprint density at radius 3 is 2.48 bits per heavy atom. The second-order valence-electron chi connectivity index (χ2n) is 17.9.